The van der Waals surface area contributed by atoms with Crippen LogP contribution < -0.4 is 10.2 Å². The van der Waals surface area contributed by atoms with E-state index in [4.69, 9.17) is 14.8 Å². The van der Waals surface area contributed by atoms with Crippen molar-refractivity contribution in [2.45, 2.75) is 20.0 Å². The summed E-state index contributed by atoms with van der Waals surface area (Å²) in [5.41, 5.74) is 0.00979. The van der Waals surface area contributed by atoms with E-state index in [9.17, 15) is 4.39 Å². The summed E-state index contributed by atoms with van der Waals surface area (Å²) in [6, 6.07) is 2.25. The van der Waals surface area contributed by atoms with E-state index in [0.717, 1.165) is 6.07 Å². The van der Waals surface area contributed by atoms with Gasteiger partial charge < -0.3 is 14.8 Å². The Bertz CT molecular complexity index is 357. The molecule has 1 rings (SSSR count). The molecule has 0 bridgehead atoms. The van der Waals surface area contributed by atoms with E-state index in [1.165, 1.54) is 6.07 Å². The normalized spacial score (nSPS) is 10.6. The Morgan fingerprint density at radius 3 is 2.47 bits per heavy atom. The van der Waals surface area contributed by atoms with E-state index in [2.05, 4.69) is 15.9 Å². The van der Waals surface area contributed by atoms with Crippen LogP contribution in [0.15, 0.2) is 16.6 Å². The van der Waals surface area contributed by atoms with Crippen molar-refractivity contribution in [3.63, 3.8) is 0 Å². The highest BCUT2D eigenvalue weighted by molar-refractivity contribution is 9.10. The molecule has 0 aromatic heterocycles. The minimum Gasteiger partial charge on any atom is -0.490 e. The largest absolute Gasteiger partial charge is 0.492 e. The molecule has 1 aromatic rings. The van der Waals surface area contributed by atoms with Crippen LogP contribution in [-0.4, -0.2) is 23.3 Å². The van der Waals surface area contributed by atoms with Crippen LogP contribution in [0.1, 0.15) is 13.8 Å². The molecular weight excluding hydrogens is 266 g/mol. The molecule has 3 nitrogen and oxygen atoms in total. The molecule has 82 valence electrons. The van der Waals surface area contributed by atoms with Crippen LogP contribution in [-0.2, 0) is 0 Å². The molecule has 0 radical (unpaired) electrons. The zero-order valence-corrected chi connectivity index (χ0v) is 9.95. The fraction of sp³-hybridized carbons (Fsp3) is 0.333. The van der Waals surface area contributed by atoms with Crippen LogP contribution in [0.5, 0.6) is 5.75 Å². The fourth-order valence-corrected chi connectivity index (χ4v) is 1.67. The van der Waals surface area contributed by atoms with Crippen molar-refractivity contribution in [3.8, 4) is 5.75 Å². The molecule has 0 spiro atoms. The lowest BCUT2D eigenvalue weighted by Gasteiger charge is -2.15. The van der Waals surface area contributed by atoms with Crippen LogP contribution in [0.25, 0.3) is 0 Å². The first-order chi connectivity index (χ1) is 6.91. The summed E-state index contributed by atoms with van der Waals surface area (Å²) in [7, 11) is -1.76. The van der Waals surface area contributed by atoms with Crippen molar-refractivity contribution in [3.05, 3.63) is 22.4 Å². The summed E-state index contributed by atoms with van der Waals surface area (Å²) in [6.45, 7) is 3.59. The molecule has 0 saturated carbocycles. The van der Waals surface area contributed by atoms with Gasteiger partial charge in [0.25, 0.3) is 0 Å². The van der Waals surface area contributed by atoms with Gasteiger partial charge in [-0.25, -0.2) is 4.39 Å². The summed E-state index contributed by atoms with van der Waals surface area (Å²) in [6.07, 6.45) is -0.135. The van der Waals surface area contributed by atoms with Crippen molar-refractivity contribution < 1.29 is 19.2 Å². The molecule has 0 atom stereocenters. The summed E-state index contributed by atoms with van der Waals surface area (Å²) >= 11 is 3.11. The number of halogens is 2. The Balaban J connectivity index is 3.21. The molecule has 0 saturated heterocycles. The smallest absolute Gasteiger partial charge is 0.490 e. The Hall–Kier alpha value is -0.585. The number of rotatable bonds is 3. The van der Waals surface area contributed by atoms with E-state index in [-0.39, 0.29) is 17.3 Å². The third-order valence-corrected chi connectivity index (χ3v) is 2.26. The van der Waals surface area contributed by atoms with Crippen molar-refractivity contribution in [2.75, 3.05) is 0 Å². The Labute approximate surface area is 96.2 Å². The number of ether oxygens (including phenoxy) is 1. The van der Waals surface area contributed by atoms with E-state index >= 15 is 0 Å². The minimum absolute atomic E-state index is 0.00979. The van der Waals surface area contributed by atoms with Gasteiger partial charge in [-0.1, -0.05) is 0 Å². The van der Waals surface area contributed by atoms with E-state index in [0.29, 0.717) is 4.47 Å². The third kappa shape index (κ3) is 3.19. The minimum atomic E-state index is -1.76. The average molecular weight is 277 g/mol. The van der Waals surface area contributed by atoms with E-state index in [1.54, 1.807) is 13.8 Å². The summed E-state index contributed by atoms with van der Waals surface area (Å²) in [5, 5.41) is 18.1. The van der Waals surface area contributed by atoms with Crippen LogP contribution in [0.3, 0.4) is 0 Å². The maximum atomic E-state index is 13.0. The molecule has 0 heterocycles. The molecule has 0 aliphatic rings. The average Bonchev–Trinajstić information content (AvgIpc) is 2.08. The van der Waals surface area contributed by atoms with Gasteiger partial charge in [-0.05, 0) is 41.9 Å². The van der Waals surface area contributed by atoms with Gasteiger partial charge >= 0.3 is 7.12 Å². The van der Waals surface area contributed by atoms with Crippen LogP contribution in [0.2, 0.25) is 0 Å². The van der Waals surface area contributed by atoms with Gasteiger partial charge in [-0.2, -0.15) is 0 Å². The highest BCUT2D eigenvalue weighted by atomic mass is 79.9. The van der Waals surface area contributed by atoms with Gasteiger partial charge in [-0.3, -0.25) is 0 Å². The predicted octanol–water partition coefficient (Wildman–Crippen LogP) is 1.06. The fourth-order valence-electron chi connectivity index (χ4n) is 1.13. The molecule has 6 heteroatoms. The topological polar surface area (TPSA) is 49.7 Å². The van der Waals surface area contributed by atoms with Gasteiger partial charge in [0, 0.05) is 5.46 Å². The lowest BCUT2D eigenvalue weighted by Crippen LogP contribution is -2.33. The van der Waals surface area contributed by atoms with Gasteiger partial charge in [0.1, 0.15) is 11.6 Å². The number of hydrogen-bond donors (Lipinski definition) is 2. The van der Waals surface area contributed by atoms with Gasteiger partial charge in [0.2, 0.25) is 0 Å². The SMILES string of the molecule is CC(C)Oc1c(Br)cc(F)cc1B(O)O. The lowest BCUT2D eigenvalue weighted by molar-refractivity contribution is 0.241. The summed E-state index contributed by atoms with van der Waals surface area (Å²) < 4.78 is 18.7. The zero-order chi connectivity index (χ0) is 11.6. The monoisotopic (exact) mass is 276 g/mol. The first-order valence-electron chi connectivity index (χ1n) is 4.43. The summed E-state index contributed by atoms with van der Waals surface area (Å²) in [4.78, 5) is 0. The Morgan fingerprint density at radius 2 is 2.00 bits per heavy atom. The second kappa shape index (κ2) is 4.96. The van der Waals surface area contributed by atoms with Crippen molar-refractivity contribution in [2.24, 2.45) is 0 Å². The molecule has 2 N–H and O–H groups in total. The standard InChI is InChI=1S/C9H11BBrFO3/c1-5(2)15-9-7(10(13)14)3-6(12)4-8(9)11/h3-5,13-14H,1-2H3. The highest BCUT2D eigenvalue weighted by Gasteiger charge is 2.21. The number of benzene rings is 1. The molecule has 15 heavy (non-hydrogen) atoms. The van der Waals surface area contributed by atoms with Gasteiger partial charge in [0.05, 0.1) is 10.6 Å². The molecule has 0 unspecified atom stereocenters. The second-order valence-electron chi connectivity index (χ2n) is 3.35. The molecular formula is C9H11BBrFO3. The summed E-state index contributed by atoms with van der Waals surface area (Å²) in [5.74, 6) is -0.303. The predicted molar refractivity (Wildman–Crippen MR) is 59.7 cm³/mol. The molecule has 0 amide bonds. The molecule has 0 aliphatic heterocycles. The first kappa shape index (κ1) is 12.5. The highest BCUT2D eigenvalue weighted by Crippen LogP contribution is 2.25. The second-order valence-corrected chi connectivity index (χ2v) is 4.20. The number of hydrogen-bond acceptors (Lipinski definition) is 3. The zero-order valence-electron chi connectivity index (χ0n) is 8.37. The molecule has 0 fully saturated rings. The lowest BCUT2D eigenvalue weighted by atomic mass is 9.79. The van der Waals surface area contributed by atoms with Crippen molar-refractivity contribution >= 4 is 28.5 Å². The maximum absolute atomic E-state index is 13.0. The first-order valence-corrected chi connectivity index (χ1v) is 5.23. The molecule has 1 aromatic carbocycles. The Morgan fingerprint density at radius 1 is 1.40 bits per heavy atom. The quantitative estimate of drug-likeness (QED) is 0.812. The van der Waals surface area contributed by atoms with Crippen LogP contribution >= 0.6 is 15.9 Å². The van der Waals surface area contributed by atoms with Gasteiger partial charge in [-0.15, -0.1) is 0 Å². The van der Waals surface area contributed by atoms with Crippen LogP contribution in [0, 0.1) is 5.82 Å². The van der Waals surface area contributed by atoms with E-state index < -0.39 is 12.9 Å². The Kier molecular flexibility index (Phi) is 4.13. The van der Waals surface area contributed by atoms with Crippen molar-refractivity contribution in [1.29, 1.82) is 0 Å². The third-order valence-electron chi connectivity index (χ3n) is 1.67. The van der Waals surface area contributed by atoms with Crippen LogP contribution in [0.4, 0.5) is 4.39 Å². The molecule has 0 aliphatic carbocycles. The van der Waals surface area contributed by atoms with Crippen molar-refractivity contribution in [1.82, 2.24) is 0 Å². The maximum Gasteiger partial charge on any atom is 0.492 e. The van der Waals surface area contributed by atoms with Gasteiger partial charge in [0.15, 0.2) is 0 Å². The van der Waals surface area contributed by atoms with E-state index in [1.807, 2.05) is 0 Å².